The van der Waals surface area contributed by atoms with Crippen LogP contribution in [0.15, 0.2) is 36.4 Å². The van der Waals surface area contributed by atoms with Gasteiger partial charge in [-0.2, -0.15) is 5.10 Å². The van der Waals surface area contributed by atoms with Gasteiger partial charge in [0, 0.05) is 18.5 Å². The first-order valence-electron chi connectivity index (χ1n) is 6.95. The lowest BCUT2D eigenvalue weighted by molar-refractivity contribution is -0.125. The van der Waals surface area contributed by atoms with Crippen molar-refractivity contribution in [3.63, 3.8) is 0 Å². The van der Waals surface area contributed by atoms with E-state index in [2.05, 4.69) is 5.10 Å². The van der Waals surface area contributed by atoms with Crippen molar-refractivity contribution >= 4 is 17.6 Å². The number of hydrogen-bond acceptors (Lipinski definition) is 3. The smallest absolute Gasteiger partial charge is 0.269 e. The van der Waals surface area contributed by atoms with Gasteiger partial charge in [0.25, 0.3) is 5.91 Å². The Morgan fingerprint density at radius 3 is 2.27 bits per heavy atom. The zero-order chi connectivity index (χ0) is 16.5. The fourth-order valence-corrected chi connectivity index (χ4v) is 2.10. The summed E-state index contributed by atoms with van der Waals surface area (Å²) < 4.78 is 1.55. The fraction of sp³-hybridized carbons (Fsp3) is 0.312. The largest absolute Gasteiger partial charge is 0.364 e. The van der Waals surface area contributed by atoms with Gasteiger partial charge in [-0.25, -0.2) is 4.68 Å². The first-order valence-corrected chi connectivity index (χ1v) is 6.95. The second-order valence-electron chi connectivity index (χ2n) is 6.11. The Hall–Kier alpha value is -2.63. The highest BCUT2D eigenvalue weighted by atomic mass is 16.2. The van der Waals surface area contributed by atoms with Crippen molar-refractivity contribution in [3.8, 4) is 5.69 Å². The van der Waals surface area contributed by atoms with Crippen molar-refractivity contribution in [2.75, 3.05) is 11.9 Å². The second-order valence-corrected chi connectivity index (χ2v) is 6.11. The van der Waals surface area contributed by atoms with Crippen molar-refractivity contribution < 1.29 is 9.59 Å². The highest BCUT2D eigenvalue weighted by Gasteiger charge is 2.28. The van der Waals surface area contributed by atoms with Gasteiger partial charge in [0.05, 0.1) is 5.69 Å². The van der Waals surface area contributed by atoms with E-state index in [1.54, 1.807) is 11.7 Å². The molecule has 2 aromatic rings. The van der Waals surface area contributed by atoms with E-state index in [4.69, 9.17) is 5.73 Å². The van der Waals surface area contributed by atoms with Gasteiger partial charge in [0.1, 0.15) is 5.82 Å². The number of benzene rings is 1. The van der Waals surface area contributed by atoms with Crippen LogP contribution in [-0.4, -0.2) is 28.6 Å². The van der Waals surface area contributed by atoms with Gasteiger partial charge in [-0.05, 0) is 12.1 Å². The molecule has 1 aromatic carbocycles. The summed E-state index contributed by atoms with van der Waals surface area (Å²) in [6, 6.07) is 10.8. The molecule has 0 radical (unpaired) electrons. The van der Waals surface area contributed by atoms with Crippen molar-refractivity contribution in [2.45, 2.75) is 20.8 Å². The van der Waals surface area contributed by atoms with Gasteiger partial charge < -0.3 is 5.73 Å². The molecule has 0 bridgehead atoms. The van der Waals surface area contributed by atoms with Crippen LogP contribution in [0, 0.1) is 5.41 Å². The highest BCUT2D eigenvalue weighted by molar-refractivity contribution is 5.98. The Balaban J connectivity index is 2.55. The van der Waals surface area contributed by atoms with Crippen LogP contribution in [0.2, 0.25) is 0 Å². The molecule has 0 atom stereocenters. The number of nitrogens with zero attached hydrogens (tertiary/aromatic N) is 3. The minimum atomic E-state index is -0.632. The first kappa shape index (κ1) is 15.8. The van der Waals surface area contributed by atoms with E-state index in [-0.39, 0.29) is 11.6 Å². The van der Waals surface area contributed by atoms with E-state index < -0.39 is 11.3 Å². The summed E-state index contributed by atoms with van der Waals surface area (Å²) in [4.78, 5) is 25.4. The fourth-order valence-electron chi connectivity index (χ4n) is 2.10. The first-order chi connectivity index (χ1) is 10.2. The lowest BCUT2D eigenvalue weighted by atomic mass is 9.95. The van der Waals surface area contributed by atoms with E-state index in [0.29, 0.717) is 5.82 Å². The van der Waals surface area contributed by atoms with E-state index in [9.17, 15) is 9.59 Å². The minimum Gasteiger partial charge on any atom is -0.364 e. The van der Waals surface area contributed by atoms with Crippen molar-refractivity contribution in [1.82, 2.24) is 9.78 Å². The molecule has 0 saturated carbocycles. The van der Waals surface area contributed by atoms with Crippen molar-refractivity contribution in [2.24, 2.45) is 11.1 Å². The number of para-hydroxylation sites is 1. The SMILES string of the molecule is CN(C(=O)C(C)(C)C)c1cc(C(N)=O)nn1-c1ccccc1. The Bertz CT molecular complexity index is 699. The summed E-state index contributed by atoms with van der Waals surface area (Å²) in [7, 11) is 1.66. The molecule has 2 amide bonds. The number of anilines is 1. The standard InChI is InChI=1S/C16H20N4O2/c1-16(2,3)15(22)19(4)13-10-12(14(17)21)18-20(13)11-8-6-5-7-9-11/h5-10H,1-4H3,(H2,17,21). The molecule has 2 rings (SSSR count). The van der Waals surface area contributed by atoms with Crippen LogP contribution < -0.4 is 10.6 Å². The van der Waals surface area contributed by atoms with Crippen LogP contribution in [-0.2, 0) is 4.79 Å². The Labute approximate surface area is 129 Å². The number of primary amides is 1. The monoisotopic (exact) mass is 300 g/mol. The van der Waals surface area contributed by atoms with Gasteiger partial charge in [-0.1, -0.05) is 39.0 Å². The number of carbonyl (C=O) groups excluding carboxylic acids is 2. The quantitative estimate of drug-likeness (QED) is 0.941. The summed E-state index contributed by atoms with van der Waals surface area (Å²) in [6.07, 6.45) is 0. The van der Waals surface area contributed by atoms with Crippen LogP contribution in [0.4, 0.5) is 5.82 Å². The van der Waals surface area contributed by atoms with E-state index >= 15 is 0 Å². The maximum Gasteiger partial charge on any atom is 0.269 e. The third-order valence-electron chi connectivity index (χ3n) is 3.23. The molecule has 0 spiro atoms. The Morgan fingerprint density at radius 1 is 1.18 bits per heavy atom. The summed E-state index contributed by atoms with van der Waals surface area (Å²) in [5.74, 6) is -0.215. The summed E-state index contributed by atoms with van der Waals surface area (Å²) in [6.45, 7) is 5.51. The molecule has 1 aromatic heterocycles. The molecule has 0 unspecified atom stereocenters. The van der Waals surface area contributed by atoms with Crippen LogP contribution in [0.25, 0.3) is 5.69 Å². The highest BCUT2D eigenvalue weighted by Crippen LogP contribution is 2.25. The summed E-state index contributed by atoms with van der Waals surface area (Å²) in [5.41, 5.74) is 5.64. The van der Waals surface area contributed by atoms with Crippen LogP contribution in [0.1, 0.15) is 31.3 Å². The maximum atomic E-state index is 12.5. The molecule has 0 aliphatic heterocycles. The van der Waals surface area contributed by atoms with Gasteiger partial charge in [0.2, 0.25) is 5.91 Å². The lowest BCUT2D eigenvalue weighted by Gasteiger charge is -2.26. The maximum absolute atomic E-state index is 12.5. The molecule has 0 aliphatic rings. The van der Waals surface area contributed by atoms with Crippen molar-refractivity contribution in [3.05, 3.63) is 42.1 Å². The number of amides is 2. The zero-order valence-electron chi connectivity index (χ0n) is 13.2. The second kappa shape index (κ2) is 5.63. The third-order valence-corrected chi connectivity index (χ3v) is 3.23. The summed E-state index contributed by atoms with van der Waals surface area (Å²) >= 11 is 0. The zero-order valence-corrected chi connectivity index (χ0v) is 13.2. The molecule has 6 heteroatoms. The van der Waals surface area contributed by atoms with Crippen LogP contribution in [0.3, 0.4) is 0 Å². The normalized spacial score (nSPS) is 11.3. The molecule has 116 valence electrons. The molecule has 0 fully saturated rings. The Kier molecular flexibility index (Phi) is 4.03. The molecule has 0 saturated heterocycles. The minimum absolute atomic E-state index is 0.0828. The predicted molar refractivity (Wildman–Crippen MR) is 84.9 cm³/mol. The van der Waals surface area contributed by atoms with Gasteiger partial charge in [-0.3, -0.25) is 14.5 Å². The number of hydrogen-bond donors (Lipinski definition) is 1. The number of aromatic nitrogens is 2. The average Bonchev–Trinajstić information content (AvgIpc) is 2.91. The third kappa shape index (κ3) is 3.00. The van der Waals surface area contributed by atoms with E-state index in [0.717, 1.165) is 5.69 Å². The molecule has 0 aliphatic carbocycles. The van der Waals surface area contributed by atoms with Crippen LogP contribution >= 0.6 is 0 Å². The molecule has 6 nitrogen and oxygen atoms in total. The van der Waals surface area contributed by atoms with Gasteiger partial charge in [-0.15, -0.1) is 0 Å². The van der Waals surface area contributed by atoms with Crippen molar-refractivity contribution in [1.29, 1.82) is 0 Å². The molecular weight excluding hydrogens is 280 g/mol. The Morgan fingerprint density at radius 2 is 1.77 bits per heavy atom. The lowest BCUT2D eigenvalue weighted by Crippen LogP contribution is -2.37. The molecule has 1 heterocycles. The molecule has 22 heavy (non-hydrogen) atoms. The number of rotatable bonds is 3. The average molecular weight is 300 g/mol. The molecule has 2 N–H and O–H groups in total. The number of carbonyl (C=O) groups is 2. The van der Waals surface area contributed by atoms with E-state index in [1.807, 2.05) is 51.1 Å². The predicted octanol–water partition coefficient (Wildman–Crippen LogP) is 1.98. The topological polar surface area (TPSA) is 81.2 Å². The number of nitrogens with two attached hydrogens (primary N) is 1. The van der Waals surface area contributed by atoms with E-state index in [1.165, 1.54) is 11.0 Å². The van der Waals surface area contributed by atoms with Gasteiger partial charge >= 0.3 is 0 Å². The van der Waals surface area contributed by atoms with Gasteiger partial charge in [0.15, 0.2) is 5.69 Å². The summed E-state index contributed by atoms with van der Waals surface area (Å²) in [5, 5.41) is 4.21. The van der Waals surface area contributed by atoms with Crippen LogP contribution in [0.5, 0.6) is 0 Å². The molecular formula is C16H20N4O2.